The topological polar surface area (TPSA) is 66.9 Å². The molecule has 1 aromatic heterocycles. The number of amides is 1. The lowest BCUT2D eigenvalue weighted by Gasteiger charge is -2.25. The van der Waals surface area contributed by atoms with Crippen molar-refractivity contribution in [3.05, 3.63) is 50.5 Å². The number of benzene rings is 1. The molecule has 1 atom stereocenters. The van der Waals surface area contributed by atoms with Crippen molar-refractivity contribution in [1.29, 1.82) is 0 Å². The van der Waals surface area contributed by atoms with Gasteiger partial charge in [-0.05, 0) is 26.0 Å². The van der Waals surface area contributed by atoms with Crippen molar-refractivity contribution >= 4 is 23.3 Å². The fourth-order valence-corrected chi connectivity index (χ4v) is 3.16. The van der Waals surface area contributed by atoms with Gasteiger partial charge in [0.05, 0.1) is 5.56 Å². The van der Waals surface area contributed by atoms with Crippen LogP contribution >= 0.6 is 11.6 Å². The molecule has 3 rings (SSSR count). The van der Waals surface area contributed by atoms with E-state index in [9.17, 15) is 14.0 Å². The van der Waals surface area contributed by atoms with Crippen molar-refractivity contribution in [2.45, 2.75) is 32.2 Å². The largest absolute Gasteiger partial charge is 0.311 e. The van der Waals surface area contributed by atoms with Crippen LogP contribution in [-0.4, -0.2) is 15.7 Å². The number of hydrogen-bond acceptors (Lipinski definition) is 2. The van der Waals surface area contributed by atoms with Gasteiger partial charge in [-0.15, -0.1) is 0 Å². The zero-order chi connectivity index (χ0) is 16.0. The number of anilines is 1. The third-order valence-electron chi connectivity index (χ3n) is 3.82. The van der Waals surface area contributed by atoms with E-state index in [4.69, 9.17) is 11.6 Å². The Hall–Kier alpha value is -2.08. The first-order valence-corrected chi connectivity index (χ1v) is 7.36. The quantitative estimate of drug-likeness (QED) is 0.892. The van der Waals surface area contributed by atoms with Gasteiger partial charge in [0, 0.05) is 29.0 Å². The van der Waals surface area contributed by atoms with E-state index in [0.29, 0.717) is 11.4 Å². The van der Waals surface area contributed by atoms with Crippen LogP contribution in [0.3, 0.4) is 0 Å². The van der Waals surface area contributed by atoms with Crippen molar-refractivity contribution in [3.8, 4) is 0 Å². The molecule has 116 valence electrons. The lowest BCUT2D eigenvalue weighted by atomic mass is 9.86. The maximum Gasteiger partial charge on any atom is 0.270 e. The lowest BCUT2D eigenvalue weighted by molar-refractivity contribution is -0.116. The number of halogens is 2. The molecule has 0 saturated carbocycles. The number of H-pyrrole nitrogens is 1. The molecule has 5 nitrogen and oxygen atoms in total. The number of nitrogens with one attached hydrogen (secondary N) is 2. The maximum atomic E-state index is 14.2. The third-order valence-corrected chi connectivity index (χ3v) is 4.15. The molecule has 1 aliphatic heterocycles. The van der Waals surface area contributed by atoms with Gasteiger partial charge in [-0.3, -0.25) is 19.4 Å². The molecule has 2 aromatic rings. The van der Waals surface area contributed by atoms with Crippen LogP contribution in [0.2, 0.25) is 5.02 Å². The van der Waals surface area contributed by atoms with E-state index in [-0.39, 0.29) is 34.5 Å². The molecule has 1 amide bonds. The van der Waals surface area contributed by atoms with Crippen LogP contribution in [0.15, 0.2) is 23.0 Å². The number of aromatic nitrogens is 2. The molecule has 0 bridgehead atoms. The fraction of sp³-hybridized carbons (Fsp3) is 0.333. The zero-order valence-electron chi connectivity index (χ0n) is 12.1. The molecule has 0 saturated heterocycles. The van der Waals surface area contributed by atoms with Gasteiger partial charge < -0.3 is 5.32 Å². The van der Waals surface area contributed by atoms with Gasteiger partial charge in [0.1, 0.15) is 11.6 Å². The highest BCUT2D eigenvalue weighted by Gasteiger charge is 2.35. The molecule has 7 heteroatoms. The van der Waals surface area contributed by atoms with Crippen molar-refractivity contribution in [3.63, 3.8) is 0 Å². The van der Waals surface area contributed by atoms with Gasteiger partial charge in [0.2, 0.25) is 5.91 Å². The first-order valence-electron chi connectivity index (χ1n) is 6.98. The van der Waals surface area contributed by atoms with Gasteiger partial charge in [-0.2, -0.15) is 0 Å². The summed E-state index contributed by atoms with van der Waals surface area (Å²) < 4.78 is 15.8. The normalized spacial score (nSPS) is 17.5. The number of hydrogen-bond donors (Lipinski definition) is 2. The Morgan fingerprint density at radius 2 is 2.05 bits per heavy atom. The summed E-state index contributed by atoms with van der Waals surface area (Å²) in [5.74, 6) is -1.10. The Bertz CT molecular complexity index is 789. The first-order chi connectivity index (χ1) is 10.4. The molecule has 0 spiro atoms. The van der Waals surface area contributed by atoms with Crippen LogP contribution in [0, 0.1) is 5.82 Å². The number of carbonyl (C=O) groups is 1. The second kappa shape index (κ2) is 5.28. The van der Waals surface area contributed by atoms with Gasteiger partial charge in [0.15, 0.2) is 0 Å². The molecule has 2 heterocycles. The van der Waals surface area contributed by atoms with Crippen molar-refractivity contribution < 1.29 is 9.18 Å². The lowest BCUT2D eigenvalue weighted by Crippen LogP contribution is -2.27. The predicted octanol–water partition coefficient (Wildman–Crippen LogP) is 3.02. The number of carbonyl (C=O) groups excluding carboxylic acids is 1. The minimum absolute atomic E-state index is 0.0150. The fourth-order valence-electron chi connectivity index (χ4n) is 2.86. The first kappa shape index (κ1) is 14.8. The number of fused-ring (bicyclic) bond motifs is 1. The molecule has 0 aliphatic carbocycles. The molecule has 2 N–H and O–H groups in total. The molecule has 0 fully saturated rings. The Kier molecular flexibility index (Phi) is 3.56. The number of aromatic amines is 1. The Morgan fingerprint density at radius 1 is 1.32 bits per heavy atom. The molecular formula is C15H15ClFN3O2. The van der Waals surface area contributed by atoms with Crippen molar-refractivity contribution in [1.82, 2.24) is 9.78 Å². The standard InChI is InChI=1S/C15H15ClFN3O2/c1-7(2)20-14-13(15(22)19-20)8(6-11(21)18-14)12-9(16)4-3-5-10(12)17/h3-5,7-8H,6H2,1-2H3,(H,18,21)(H,19,22). The monoisotopic (exact) mass is 323 g/mol. The summed E-state index contributed by atoms with van der Waals surface area (Å²) in [5.41, 5.74) is 0.195. The molecule has 0 radical (unpaired) electrons. The summed E-state index contributed by atoms with van der Waals surface area (Å²) in [7, 11) is 0. The highest BCUT2D eigenvalue weighted by molar-refractivity contribution is 6.31. The minimum atomic E-state index is -0.693. The summed E-state index contributed by atoms with van der Waals surface area (Å²) in [6, 6.07) is 4.28. The van der Waals surface area contributed by atoms with Crippen LogP contribution < -0.4 is 10.9 Å². The Balaban J connectivity index is 2.25. The van der Waals surface area contributed by atoms with Gasteiger partial charge in [0.25, 0.3) is 5.56 Å². The van der Waals surface area contributed by atoms with Crippen LogP contribution in [0.25, 0.3) is 0 Å². The van der Waals surface area contributed by atoms with Gasteiger partial charge >= 0.3 is 0 Å². The van der Waals surface area contributed by atoms with E-state index in [1.54, 1.807) is 10.7 Å². The Morgan fingerprint density at radius 3 is 2.68 bits per heavy atom. The van der Waals surface area contributed by atoms with Crippen LogP contribution in [0.1, 0.15) is 43.4 Å². The van der Waals surface area contributed by atoms with Crippen LogP contribution in [0.5, 0.6) is 0 Å². The average Bonchev–Trinajstić information content (AvgIpc) is 2.75. The molecule has 1 aliphatic rings. The van der Waals surface area contributed by atoms with Crippen molar-refractivity contribution in [2.75, 3.05) is 5.32 Å². The highest BCUT2D eigenvalue weighted by atomic mass is 35.5. The van der Waals surface area contributed by atoms with E-state index < -0.39 is 11.7 Å². The van der Waals surface area contributed by atoms with E-state index >= 15 is 0 Å². The summed E-state index contributed by atoms with van der Waals surface area (Å²) >= 11 is 6.11. The SMILES string of the molecule is CC(C)n1[nH]c(=O)c2c1NC(=O)CC2c1c(F)cccc1Cl. The van der Waals surface area contributed by atoms with E-state index in [0.717, 1.165) is 0 Å². The highest BCUT2D eigenvalue weighted by Crippen LogP contribution is 2.39. The van der Waals surface area contributed by atoms with Gasteiger partial charge in [-0.25, -0.2) is 4.39 Å². The smallest absolute Gasteiger partial charge is 0.270 e. The second-order valence-electron chi connectivity index (χ2n) is 5.61. The minimum Gasteiger partial charge on any atom is -0.311 e. The van der Waals surface area contributed by atoms with E-state index in [1.165, 1.54) is 12.1 Å². The summed E-state index contributed by atoms with van der Waals surface area (Å²) in [6.07, 6.45) is -0.0150. The number of rotatable bonds is 2. The second-order valence-corrected chi connectivity index (χ2v) is 6.01. The number of nitrogens with zero attached hydrogens (tertiary/aromatic N) is 1. The summed E-state index contributed by atoms with van der Waals surface area (Å²) in [4.78, 5) is 24.3. The average molecular weight is 324 g/mol. The van der Waals surface area contributed by atoms with Crippen LogP contribution in [0.4, 0.5) is 10.2 Å². The maximum absolute atomic E-state index is 14.2. The summed E-state index contributed by atoms with van der Waals surface area (Å²) in [6.45, 7) is 3.75. The van der Waals surface area contributed by atoms with Crippen LogP contribution in [-0.2, 0) is 4.79 Å². The molecule has 1 aromatic carbocycles. The van der Waals surface area contributed by atoms with E-state index in [1.807, 2.05) is 13.8 Å². The summed E-state index contributed by atoms with van der Waals surface area (Å²) in [5, 5.41) is 5.60. The zero-order valence-corrected chi connectivity index (χ0v) is 12.9. The molecular weight excluding hydrogens is 309 g/mol. The third kappa shape index (κ3) is 2.23. The van der Waals surface area contributed by atoms with E-state index in [2.05, 4.69) is 10.4 Å². The molecule has 22 heavy (non-hydrogen) atoms. The molecule has 1 unspecified atom stereocenters. The Labute approximate surface area is 131 Å². The van der Waals surface area contributed by atoms with Crippen molar-refractivity contribution in [2.24, 2.45) is 0 Å². The predicted molar refractivity (Wildman–Crippen MR) is 81.9 cm³/mol. The van der Waals surface area contributed by atoms with Gasteiger partial charge in [-0.1, -0.05) is 17.7 Å².